The van der Waals surface area contributed by atoms with E-state index in [-0.39, 0.29) is 5.76 Å². The summed E-state index contributed by atoms with van der Waals surface area (Å²) in [6, 6.07) is 7.09. The van der Waals surface area contributed by atoms with E-state index in [4.69, 9.17) is 16.6 Å². The van der Waals surface area contributed by atoms with Crippen molar-refractivity contribution in [2.45, 2.75) is 0 Å². The number of ether oxygens (including phenoxy) is 1. The lowest BCUT2D eigenvalue weighted by Crippen LogP contribution is -1.99. The number of carbonyl (C=O) groups is 1. The smallest absolute Gasteiger partial charge is 0.370 e. The molecule has 0 atom stereocenters. The van der Waals surface area contributed by atoms with Crippen LogP contribution in [0.5, 0.6) is 0 Å². The average Bonchev–Trinajstić information content (AvgIpc) is 2.22. The van der Waals surface area contributed by atoms with Crippen LogP contribution in [-0.4, -0.2) is 18.2 Å². The molecule has 0 saturated heterocycles. The minimum Gasteiger partial charge on any atom is -0.490 e. The molecule has 0 aliphatic heterocycles. The molecule has 1 aromatic rings. The lowest BCUT2D eigenvalue weighted by atomic mass is 10.3. The van der Waals surface area contributed by atoms with Crippen molar-refractivity contribution < 1.29 is 14.6 Å². The van der Waals surface area contributed by atoms with Crippen molar-refractivity contribution >= 4 is 17.3 Å². The Morgan fingerprint density at radius 2 is 1.60 bits per heavy atom. The summed E-state index contributed by atoms with van der Waals surface area (Å²) >= 11 is 0. The highest BCUT2D eigenvalue weighted by molar-refractivity contribution is 5.83. The van der Waals surface area contributed by atoms with Gasteiger partial charge < -0.3 is 21.3 Å². The molecule has 5 nitrogen and oxygen atoms in total. The van der Waals surface area contributed by atoms with Crippen molar-refractivity contribution in [2.24, 2.45) is 0 Å². The maximum atomic E-state index is 9.71. The molecule has 5 heteroatoms. The molecule has 0 spiro atoms. The number of benzene rings is 1. The molecule has 0 radical (unpaired) electrons. The maximum Gasteiger partial charge on any atom is 0.370 e. The van der Waals surface area contributed by atoms with Gasteiger partial charge in [0.25, 0.3) is 0 Å². The molecule has 0 amide bonds. The molecule has 0 bridgehead atoms. The summed E-state index contributed by atoms with van der Waals surface area (Å²) in [5.74, 6) is -1.36. The monoisotopic (exact) mass is 210 g/mol. The van der Waals surface area contributed by atoms with Crippen molar-refractivity contribution in [1.82, 2.24) is 0 Å². The predicted octanol–water partition coefficient (Wildman–Crippen LogP) is 1.08. The van der Waals surface area contributed by atoms with Gasteiger partial charge in [0.1, 0.15) is 0 Å². The summed E-state index contributed by atoms with van der Waals surface area (Å²) in [6.07, 6.45) is 0. The summed E-state index contributed by atoms with van der Waals surface area (Å²) in [7, 11) is 1.26. The normalized spacial score (nSPS) is 8.33. The van der Waals surface area contributed by atoms with Crippen LogP contribution in [-0.2, 0) is 9.53 Å². The number of nitrogens with two attached hydrogens (primary N) is 2. The zero-order valence-electron chi connectivity index (χ0n) is 8.43. The quantitative estimate of drug-likeness (QED) is 0.385. The number of aliphatic carboxylic acids is 1. The van der Waals surface area contributed by atoms with Crippen LogP contribution < -0.4 is 11.5 Å². The summed E-state index contributed by atoms with van der Waals surface area (Å²) in [5, 5.41) is 7.96. The lowest BCUT2D eigenvalue weighted by molar-refractivity contribution is -0.136. The number of carboxylic acids is 1. The third-order valence-corrected chi connectivity index (χ3v) is 1.42. The fourth-order valence-corrected chi connectivity index (χ4v) is 0.583. The molecule has 5 N–H and O–H groups in total. The molecule has 0 aliphatic carbocycles. The molecule has 0 aliphatic rings. The van der Waals surface area contributed by atoms with Gasteiger partial charge in [-0.15, -0.1) is 0 Å². The zero-order valence-corrected chi connectivity index (χ0v) is 8.43. The number of anilines is 2. The Bertz CT molecular complexity index is 312. The first kappa shape index (κ1) is 12.8. The Labute approximate surface area is 88.0 Å². The second kappa shape index (κ2) is 6.31. The van der Waals surface area contributed by atoms with Gasteiger partial charge in [0.2, 0.25) is 0 Å². The Morgan fingerprint density at radius 3 is 1.73 bits per heavy atom. The molecule has 0 saturated carbocycles. The van der Waals surface area contributed by atoms with E-state index in [1.807, 2.05) is 0 Å². The van der Waals surface area contributed by atoms with Crippen LogP contribution in [0.2, 0.25) is 0 Å². The molecule has 0 fully saturated rings. The van der Waals surface area contributed by atoms with Crippen molar-refractivity contribution in [2.75, 3.05) is 18.6 Å². The minimum absolute atomic E-state index is 0.236. The Hall–Kier alpha value is -2.17. The molecule has 0 unspecified atom stereocenters. The van der Waals surface area contributed by atoms with Crippen LogP contribution in [0, 0.1) is 0 Å². The molecule has 0 heterocycles. The number of carboxylic acid groups (broad SMARTS) is 1. The second-order valence-electron chi connectivity index (χ2n) is 2.60. The van der Waals surface area contributed by atoms with E-state index in [9.17, 15) is 4.79 Å². The lowest BCUT2D eigenvalue weighted by Gasteiger charge is -1.92. The predicted molar refractivity (Wildman–Crippen MR) is 59.1 cm³/mol. The van der Waals surface area contributed by atoms with Gasteiger partial charge in [-0.05, 0) is 30.8 Å². The van der Waals surface area contributed by atoms with Crippen LogP contribution in [0.25, 0.3) is 0 Å². The highest BCUT2D eigenvalue weighted by atomic mass is 16.5. The van der Waals surface area contributed by atoms with Gasteiger partial charge in [-0.25, -0.2) is 4.79 Å². The first-order valence-electron chi connectivity index (χ1n) is 4.04. The molecule has 15 heavy (non-hydrogen) atoms. The second-order valence-corrected chi connectivity index (χ2v) is 2.60. The zero-order chi connectivity index (χ0) is 11.8. The Balaban J connectivity index is 0.000000265. The third kappa shape index (κ3) is 5.98. The van der Waals surface area contributed by atoms with Gasteiger partial charge >= 0.3 is 5.97 Å². The standard InChI is InChI=1S/C6H8N2.C4H6O3/c7-5-1-2-6(8)4-3-5;1-3(7-2)4(5)6/h1-4H,7-8H2;1H2,2H3,(H,5,6). The van der Waals surface area contributed by atoms with E-state index in [0.717, 1.165) is 11.4 Å². The van der Waals surface area contributed by atoms with Crippen molar-refractivity contribution in [3.05, 3.63) is 36.6 Å². The number of hydrogen-bond acceptors (Lipinski definition) is 4. The number of nitrogen functional groups attached to an aromatic ring is 2. The largest absolute Gasteiger partial charge is 0.490 e. The molecular formula is C10H14N2O3. The van der Waals surface area contributed by atoms with E-state index in [1.54, 1.807) is 24.3 Å². The van der Waals surface area contributed by atoms with Crippen LogP contribution in [0.15, 0.2) is 36.6 Å². The molecule has 1 rings (SSSR count). The first-order valence-corrected chi connectivity index (χ1v) is 4.04. The number of methoxy groups -OCH3 is 1. The van der Waals surface area contributed by atoms with Gasteiger partial charge in [0.05, 0.1) is 7.11 Å². The van der Waals surface area contributed by atoms with Gasteiger partial charge in [-0.1, -0.05) is 0 Å². The third-order valence-electron chi connectivity index (χ3n) is 1.42. The van der Waals surface area contributed by atoms with E-state index < -0.39 is 5.97 Å². The minimum atomic E-state index is -1.12. The van der Waals surface area contributed by atoms with Gasteiger partial charge in [0, 0.05) is 11.4 Å². The summed E-state index contributed by atoms with van der Waals surface area (Å²) in [6.45, 7) is 3.05. The first-order chi connectivity index (χ1) is 6.97. The van der Waals surface area contributed by atoms with Gasteiger partial charge in [0.15, 0.2) is 5.76 Å². The van der Waals surface area contributed by atoms with E-state index in [0.29, 0.717) is 0 Å². The summed E-state index contributed by atoms with van der Waals surface area (Å²) < 4.78 is 4.22. The summed E-state index contributed by atoms with van der Waals surface area (Å²) in [4.78, 5) is 9.71. The fourth-order valence-electron chi connectivity index (χ4n) is 0.583. The maximum absolute atomic E-state index is 9.71. The van der Waals surface area contributed by atoms with E-state index in [1.165, 1.54) is 7.11 Å². The van der Waals surface area contributed by atoms with Crippen molar-refractivity contribution in [3.8, 4) is 0 Å². The van der Waals surface area contributed by atoms with Crippen LogP contribution in [0.3, 0.4) is 0 Å². The van der Waals surface area contributed by atoms with E-state index >= 15 is 0 Å². The van der Waals surface area contributed by atoms with Crippen LogP contribution in [0.4, 0.5) is 11.4 Å². The number of rotatable bonds is 2. The van der Waals surface area contributed by atoms with Crippen molar-refractivity contribution in [1.29, 1.82) is 0 Å². The summed E-state index contributed by atoms with van der Waals surface area (Å²) in [5.41, 5.74) is 12.2. The van der Waals surface area contributed by atoms with Crippen molar-refractivity contribution in [3.63, 3.8) is 0 Å². The molecule has 0 aromatic heterocycles. The molecular weight excluding hydrogens is 196 g/mol. The Kier molecular flexibility index (Phi) is 5.40. The average molecular weight is 210 g/mol. The topological polar surface area (TPSA) is 98.6 Å². The van der Waals surface area contributed by atoms with Crippen LogP contribution >= 0.6 is 0 Å². The highest BCUT2D eigenvalue weighted by Gasteiger charge is 1.98. The fraction of sp³-hybridized carbons (Fsp3) is 0.100. The van der Waals surface area contributed by atoms with Gasteiger partial charge in [-0.3, -0.25) is 0 Å². The molecule has 82 valence electrons. The van der Waals surface area contributed by atoms with E-state index in [2.05, 4.69) is 11.3 Å². The van der Waals surface area contributed by atoms with Gasteiger partial charge in [-0.2, -0.15) is 0 Å². The number of hydrogen-bond donors (Lipinski definition) is 3. The van der Waals surface area contributed by atoms with Crippen LogP contribution in [0.1, 0.15) is 0 Å². The molecule has 1 aromatic carbocycles. The highest BCUT2D eigenvalue weighted by Crippen LogP contribution is 2.04. The SMILES string of the molecule is C=C(OC)C(=O)O.Nc1ccc(N)cc1. The Morgan fingerprint density at radius 1 is 1.27 bits per heavy atom.